The Hall–Kier alpha value is -1.31. The van der Waals surface area contributed by atoms with E-state index < -0.39 is 0 Å². The summed E-state index contributed by atoms with van der Waals surface area (Å²) >= 11 is 0. The van der Waals surface area contributed by atoms with Gasteiger partial charge in [0.15, 0.2) is 0 Å². The van der Waals surface area contributed by atoms with Crippen LogP contribution in [0.25, 0.3) is 0 Å². The maximum Gasteiger partial charge on any atom is 0.0424 e. The van der Waals surface area contributed by atoms with Crippen molar-refractivity contribution in [3.63, 3.8) is 0 Å². The Balaban J connectivity index is 0.000000791. The zero-order valence-corrected chi connectivity index (χ0v) is 9.40. The first-order chi connectivity index (χ1) is 6.86. The van der Waals surface area contributed by atoms with Crippen molar-refractivity contribution in [3.8, 4) is 0 Å². The van der Waals surface area contributed by atoms with Crippen molar-refractivity contribution in [1.82, 2.24) is 9.88 Å². The van der Waals surface area contributed by atoms with Gasteiger partial charge in [-0.15, -0.1) is 0 Å². The van der Waals surface area contributed by atoms with Gasteiger partial charge in [0, 0.05) is 25.5 Å². The molecule has 0 saturated heterocycles. The maximum atomic E-state index is 3.96. The summed E-state index contributed by atoms with van der Waals surface area (Å²) in [7, 11) is 0. The maximum absolute atomic E-state index is 3.96. The van der Waals surface area contributed by atoms with Gasteiger partial charge in [0.2, 0.25) is 0 Å². The summed E-state index contributed by atoms with van der Waals surface area (Å²) < 4.78 is 0. The van der Waals surface area contributed by atoms with Gasteiger partial charge in [0.05, 0.1) is 0 Å². The molecule has 0 atom stereocenters. The molecule has 78 valence electrons. The van der Waals surface area contributed by atoms with Gasteiger partial charge in [0.1, 0.15) is 0 Å². The quantitative estimate of drug-likeness (QED) is 0.729. The SMILES string of the molecule is C=CN(CC)Cc1ccncc1.CC. The fraction of sp³-hybridized carbons (Fsp3) is 0.417. The second-order valence-electron chi connectivity index (χ2n) is 2.60. The van der Waals surface area contributed by atoms with E-state index in [9.17, 15) is 0 Å². The monoisotopic (exact) mass is 192 g/mol. The molecule has 0 aliphatic heterocycles. The third-order valence-corrected chi connectivity index (χ3v) is 1.80. The average Bonchev–Trinajstić information content (AvgIpc) is 2.30. The minimum absolute atomic E-state index is 0.919. The summed E-state index contributed by atoms with van der Waals surface area (Å²) in [5.74, 6) is 0. The highest BCUT2D eigenvalue weighted by atomic mass is 15.1. The van der Waals surface area contributed by atoms with Gasteiger partial charge >= 0.3 is 0 Å². The highest BCUT2D eigenvalue weighted by molar-refractivity contribution is 5.09. The Labute approximate surface area is 87.3 Å². The molecule has 0 aliphatic carbocycles. The highest BCUT2D eigenvalue weighted by Crippen LogP contribution is 2.02. The summed E-state index contributed by atoms with van der Waals surface area (Å²) in [4.78, 5) is 6.11. The summed E-state index contributed by atoms with van der Waals surface area (Å²) in [6.45, 7) is 11.8. The Kier molecular flexibility index (Phi) is 7.52. The molecule has 0 aliphatic rings. The van der Waals surface area contributed by atoms with Gasteiger partial charge in [-0.2, -0.15) is 0 Å². The van der Waals surface area contributed by atoms with E-state index in [1.807, 2.05) is 44.6 Å². The average molecular weight is 192 g/mol. The highest BCUT2D eigenvalue weighted by Gasteiger charge is 1.95. The molecule has 0 radical (unpaired) electrons. The second-order valence-corrected chi connectivity index (χ2v) is 2.60. The number of pyridine rings is 1. The van der Waals surface area contributed by atoms with Crippen LogP contribution in [-0.4, -0.2) is 16.4 Å². The molecule has 0 N–H and O–H groups in total. The first-order valence-corrected chi connectivity index (χ1v) is 5.12. The van der Waals surface area contributed by atoms with Crippen LogP contribution < -0.4 is 0 Å². The molecule has 2 nitrogen and oxygen atoms in total. The predicted molar refractivity (Wildman–Crippen MR) is 61.9 cm³/mol. The normalized spacial score (nSPS) is 8.50. The number of aromatic nitrogens is 1. The molecule has 0 spiro atoms. The van der Waals surface area contributed by atoms with Gasteiger partial charge < -0.3 is 4.90 Å². The number of rotatable bonds is 4. The third kappa shape index (κ3) is 4.65. The van der Waals surface area contributed by atoms with Crippen LogP contribution in [0.2, 0.25) is 0 Å². The topological polar surface area (TPSA) is 16.1 Å². The molecule has 1 aromatic heterocycles. The zero-order chi connectivity index (χ0) is 10.8. The largest absolute Gasteiger partial charge is 0.374 e. The lowest BCUT2D eigenvalue weighted by molar-refractivity contribution is 0.391. The van der Waals surface area contributed by atoms with E-state index in [1.54, 1.807) is 0 Å². The van der Waals surface area contributed by atoms with Crippen LogP contribution in [0, 0.1) is 0 Å². The second kappa shape index (κ2) is 8.30. The number of nitrogens with zero attached hydrogens (tertiary/aromatic N) is 2. The first kappa shape index (κ1) is 12.7. The summed E-state index contributed by atoms with van der Waals surface area (Å²) in [5, 5.41) is 0. The van der Waals surface area contributed by atoms with E-state index >= 15 is 0 Å². The van der Waals surface area contributed by atoms with Crippen molar-refractivity contribution in [2.24, 2.45) is 0 Å². The Morgan fingerprint density at radius 1 is 1.36 bits per heavy atom. The van der Waals surface area contributed by atoms with Gasteiger partial charge in [0.25, 0.3) is 0 Å². The van der Waals surface area contributed by atoms with Crippen molar-refractivity contribution >= 4 is 0 Å². The first-order valence-electron chi connectivity index (χ1n) is 5.12. The molecule has 1 aromatic rings. The van der Waals surface area contributed by atoms with Gasteiger partial charge in [-0.25, -0.2) is 0 Å². The lowest BCUT2D eigenvalue weighted by Crippen LogP contribution is -2.15. The molecule has 0 unspecified atom stereocenters. The summed E-state index contributed by atoms with van der Waals surface area (Å²) in [5.41, 5.74) is 1.27. The molecule has 2 heteroatoms. The van der Waals surface area contributed by atoms with Crippen LogP contribution in [-0.2, 0) is 6.54 Å². The molecule has 0 saturated carbocycles. The lowest BCUT2D eigenvalue weighted by Gasteiger charge is -2.16. The molecule has 0 fully saturated rings. The molecule has 14 heavy (non-hydrogen) atoms. The van der Waals surface area contributed by atoms with Crippen LogP contribution in [0.3, 0.4) is 0 Å². The molecule has 1 heterocycles. The van der Waals surface area contributed by atoms with E-state index in [4.69, 9.17) is 0 Å². The van der Waals surface area contributed by atoms with Gasteiger partial charge in [-0.1, -0.05) is 20.4 Å². The summed E-state index contributed by atoms with van der Waals surface area (Å²) in [6.07, 6.45) is 5.49. The van der Waals surface area contributed by atoms with E-state index in [-0.39, 0.29) is 0 Å². The Morgan fingerprint density at radius 2 is 1.93 bits per heavy atom. The Bertz CT molecular complexity index is 231. The summed E-state index contributed by atoms with van der Waals surface area (Å²) in [6, 6.07) is 4.04. The van der Waals surface area contributed by atoms with Crippen molar-refractivity contribution in [1.29, 1.82) is 0 Å². The predicted octanol–water partition coefficient (Wildman–Crippen LogP) is 3.07. The van der Waals surface area contributed by atoms with E-state index in [0.29, 0.717) is 0 Å². The molecular formula is C12H20N2. The smallest absolute Gasteiger partial charge is 0.0424 e. The molecule has 0 aromatic carbocycles. The van der Waals surface area contributed by atoms with E-state index in [0.717, 1.165) is 13.1 Å². The van der Waals surface area contributed by atoms with Crippen LogP contribution >= 0.6 is 0 Å². The van der Waals surface area contributed by atoms with Crippen molar-refractivity contribution in [2.45, 2.75) is 27.3 Å². The van der Waals surface area contributed by atoms with Crippen molar-refractivity contribution < 1.29 is 0 Å². The van der Waals surface area contributed by atoms with Crippen LogP contribution in [0.1, 0.15) is 26.3 Å². The molecule has 1 rings (SSSR count). The van der Waals surface area contributed by atoms with E-state index in [1.165, 1.54) is 5.56 Å². The Morgan fingerprint density at radius 3 is 2.36 bits per heavy atom. The van der Waals surface area contributed by atoms with Crippen LogP contribution in [0.5, 0.6) is 0 Å². The van der Waals surface area contributed by atoms with Crippen molar-refractivity contribution in [3.05, 3.63) is 42.9 Å². The van der Waals surface area contributed by atoms with Gasteiger partial charge in [-0.05, 0) is 30.8 Å². The van der Waals surface area contributed by atoms with Gasteiger partial charge in [-0.3, -0.25) is 4.98 Å². The fourth-order valence-electron chi connectivity index (χ4n) is 1.03. The van der Waals surface area contributed by atoms with Crippen LogP contribution in [0.4, 0.5) is 0 Å². The van der Waals surface area contributed by atoms with E-state index in [2.05, 4.69) is 23.4 Å². The standard InChI is InChI=1S/C10H14N2.C2H6/c1-3-12(4-2)9-10-5-7-11-8-6-10;1-2/h3,5-8H,1,4,9H2,2H3;1-2H3. The fourth-order valence-corrected chi connectivity index (χ4v) is 1.03. The molecule has 0 amide bonds. The zero-order valence-electron chi connectivity index (χ0n) is 9.40. The van der Waals surface area contributed by atoms with Crippen LogP contribution in [0.15, 0.2) is 37.3 Å². The number of hydrogen-bond acceptors (Lipinski definition) is 2. The third-order valence-electron chi connectivity index (χ3n) is 1.80. The molecule has 0 bridgehead atoms. The minimum Gasteiger partial charge on any atom is -0.374 e. The van der Waals surface area contributed by atoms with Crippen molar-refractivity contribution in [2.75, 3.05) is 6.54 Å². The molecular weight excluding hydrogens is 172 g/mol. The lowest BCUT2D eigenvalue weighted by atomic mass is 10.2. The number of hydrogen-bond donors (Lipinski definition) is 0. The minimum atomic E-state index is 0.919.